The van der Waals surface area contributed by atoms with Crippen LogP contribution >= 0.6 is 0 Å². The normalized spacial score (nSPS) is 9.38. The second-order valence-corrected chi connectivity index (χ2v) is 2.96. The van der Waals surface area contributed by atoms with Gasteiger partial charge in [-0.2, -0.15) is 0 Å². The summed E-state index contributed by atoms with van der Waals surface area (Å²) in [7, 11) is 1.30. The van der Waals surface area contributed by atoms with E-state index in [2.05, 4.69) is 10.1 Å². The minimum absolute atomic E-state index is 0.118. The van der Waals surface area contributed by atoms with Crippen LogP contribution in [0.3, 0.4) is 0 Å². The Bertz CT molecular complexity index is 373. The molecule has 86 valence electrons. The van der Waals surface area contributed by atoms with Crippen LogP contribution in [0.2, 0.25) is 0 Å². The lowest BCUT2D eigenvalue weighted by Gasteiger charge is -2.06. The minimum atomic E-state index is -0.521. The average molecular weight is 222 g/mol. The molecule has 5 heteroatoms. The Morgan fingerprint density at radius 1 is 1.38 bits per heavy atom. The number of carbonyl (C=O) groups excluding carboxylic acids is 1. The third-order valence-corrected chi connectivity index (χ3v) is 1.87. The molecule has 1 aromatic rings. The fourth-order valence-electron chi connectivity index (χ4n) is 1.10. The summed E-state index contributed by atoms with van der Waals surface area (Å²) in [4.78, 5) is 10.9. The van der Waals surface area contributed by atoms with Gasteiger partial charge in [0.2, 0.25) is 5.90 Å². The van der Waals surface area contributed by atoms with Crippen LogP contribution < -0.4 is 5.32 Å². The molecule has 2 N–H and O–H groups in total. The van der Waals surface area contributed by atoms with E-state index in [1.54, 1.807) is 24.3 Å². The molecule has 0 spiro atoms. The lowest BCUT2D eigenvalue weighted by atomic mass is 10.2. The van der Waals surface area contributed by atoms with Gasteiger partial charge in [0.25, 0.3) is 0 Å². The standard InChI is InChI=1S/C11H14N2O3/c1-3-16-10(12)8-4-6-9(7-5-8)13-11(14)15-2/h4-7,12H,3H2,1-2H3,(H,13,14). The van der Waals surface area contributed by atoms with Crippen LogP contribution in [0.5, 0.6) is 0 Å². The fraction of sp³-hybridized carbons (Fsp3) is 0.273. The summed E-state index contributed by atoms with van der Waals surface area (Å²) in [5, 5.41) is 10.1. The topological polar surface area (TPSA) is 71.4 Å². The van der Waals surface area contributed by atoms with Crippen LogP contribution in [0.1, 0.15) is 12.5 Å². The Labute approximate surface area is 93.9 Å². The maximum atomic E-state index is 10.9. The van der Waals surface area contributed by atoms with Crippen molar-refractivity contribution in [1.29, 1.82) is 5.41 Å². The van der Waals surface area contributed by atoms with Gasteiger partial charge in [0.05, 0.1) is 13.7 Å². The first kappa shape index (κ1) is 12.0. The number of ether oxygens (including phenoxy) is 2. The molecule has 0 aromatic heterocycles. The lowest BCUT2D eigenvalue weighted by Crippen LogP contribution is -2.11. The van der Waals surface area contributed by atoms with Gasteiger partial charge in [-0.15, -0.1) is 0 Å². The van der Waals surface area contributed by atoms with Crippen LogP contribution in [0.15, 0.2) is 24.3 Å². The molecular weight excluding hydrogens is 208 g/mol. The summed E-state index contributed by atoms with van der Waals surface area (Å²) in [6.45, 7) is 2.28. The molecule has 0 atom stereocenters. The molecule has 0 aliphatic rings. The summed E-state index contributed by atoms with van der Waals surface area (Å²) >= 11 is 0. The second-order valence-electron chi connectivity index (χ2n) is 2.96. The lowest BCUT2D eigenvalue weighted by molar-refractivity contribution is 0.187. The quantitative estimate of drug-likeness (QED) is 0.608. The highest BCUT2D eigenvalue weighted by molar-refractivity contribution is 5.92. The number of hydrogen-bond acceptors (Lipinski definition) is 4. The van der Waals surface area contributed by atoms with Crippen molar-refractivity contribution in [2.45, 2.75) is 6.92 Å². The van der Waals surface area contributed by atoms with E-state index in [0.29, 0.717) is 17.9 Å². The zero-order valence-electron chi connectivity index (χ0n) is 9.24. The van der Waals surface area contributed by atoms with Gasteiger partial charge in [-0.3, -0.25) is 10.7 Å². The van der Waals surface area contributed by atoms with Crippen molar-refractivity contribution in [1.82, 2.24) is 0 Å². The molecule has 0 heterocycles. The first-order valence-corrected chi connectivity index (χ1v) is 4.84. The van der Waals surface area contributed by atoms with E-state index < -0.39 is 6.09 Å². The fourth-order valence-corrected chi connectivity index (χ4v) is 1.10. The Kier molecular flexibility index (Phi) is 4.32. The molecule has 5 nitrogen and oxygen atoms in total. The number of carbonyl (C=O) groups is 1. The summed E-state index contributed by atoms with van der Waals surface area (Å²) in [5.74, 6) is 0.118. The number of rotatable bonds is 3. The molecule has 0 fully saturated rings. The van der Waals surface area contributed by atoms with Crippen molar-refractivity contribution < 1.29 is 14.3 Å². The molecule has 1 aromatic carbocycles. The Morgan fingerprint density at radius 2 is 2.00 bits per heavy atom. The van der Waals surface area contributed by atoms with Crippen molar-refractivity contribution in [2.24, 2.45) is 0 Å². The monoisotopic (exact) mass is 222 g/mol. The first-order chi connectivity index (χ1) is 7.67. The van der Waals surface area contributed by atoms with Crippen LogP contribution in [-0.2, 0) is 9.47 Å². The van der Waals surface area contributed by atoms with Crippen LogP contribution in [0.25, 0.3) is 0 Å². The maximum Gasteiger partial charge on any atom is 0.411 e. The molecule has 0 aliphatic carbocycles. The van der Waals surface area contributed by atoms with Gasteiger partial charge in [-0.05, 0) is 31.2 Å². The third-order valence-electron chi connectivity index (χ3n) is 1.87. The number of hydrogen-bond donors (Lipinski definition) is 2. The van der Waals surface area contributed by atoms with Gasteiger partial charge in [-0.25, -0.2) is 4.79 Å². The second kappa shape index (κ2) is 5.75. The Morgan fingerprint density at radius 3 is 2.50 bits per heavy atom. The minimum Gasteiger partial charge on any atom is -0.478 e. The van der Waals surface area contributed by atoms with Gasteiger partial charge in [0.1, 0.15) is 0 Å². The van der Waals surface area contributed by atoms with Crippen LogP contribution in [0, 0.1) is 5.41 Å². The molecule has 0 saturated carbocycles. The first-order valence-electron chi connectivity index (χ1n) is 4.84. The van der Waals surface area contributed by atoms with E-state index in [1.807, 2.05) is 6.92 Å². The van der Waals surface area contributed by atoms with Gasteiger partial charge < -0.3 is 9.47 Å². The van der Waals surface area contributed by atoms with E-state index in [9.17, 15) is 4.79 Å². The van der Waals surface area contributed by atoms with Gasteiger partial charge >= 0.3 is 6.09 Å². The van der Waals surface area contributed by atoms with Crippen molar-refractivity contribution in [3.8, 4) is 0 Å². The van der Waals surface area contributed by atoms with E-state index in [0.717, 1.165) is 0 Å². The molecule has 1 rings (SSSR count). The third kappa shape index (κ3) is 3.27. The van der Waals surface area contributed by atoms with Crippen LogP contribution in [0.4, 0.5) is 10.5 Å². The number of nitrogens with one attached hydrogen (secondary N) is 2. The van der Waals surface area contributed by atoms with Gasteiger partial charge in [0, 0.05) is 11.3 Å². The predicted molar refractivity (Wildman–Crippen MR) is 60.9 cm³/mol. The smallest absolute Gasteiger partial charge is 0.411 e. The number of amides is 1. The van der Waals surface area contributed by atoms with E-state index in [1.165, 1.54) is 7.11 Å². The molecule has 1 amide bonds. The van der Waals surface area contributed by atoms with Crippen molar-refractivity contribution in [3.63, 3.8) is 0 Å². The highest BCUT2D eigenvalue weighted by Gasteiger charge is 2.03. The SMILES string of the molecule is CCOC(=N)c1ccc(NC(=O)OC)cc1. The van der Waals surface area contributed by atoms with E-state index >= 15 is 0 Å². The Hall–Kier alpha value is -2.04. The summed E-state index contributed by atoms with van der Waals surface area (Å²) in [6.07, 6.45) is -0.521. The number of anilines is 1. The molecule has 16 heavy (non-hydrogen) atoms. The predicted octanol–water partition coefficient (Wildman–Crippen LogP) is 2.23. The summed E-state index contributed by atoms with van der Waals surface area (Å²) in [6, 6.07) is 6.76. The van der Waals surface area contributed by atoms with Gasteiger partial charge in [0.15, 0.2) is 0 Å². The molecule has 0 bridgehead atoms. The van der Waals surface area contributed by atoms with Crippen LogP contribution in [-0.4, -0.2) is 25.7 Å². The molecule has 0 aliphatic heterocycles. The number of methoxy groups -OCH3 is 1. The average Bonchev–Trinajstić information content (AvgIpc) is 2.30. The van der Waals surface area contributed by atoms with E-state index in [4.69, 9.17) is 10.1 Å². The molecule has 0 radical (unpaired) electrons. The van der Waals surface area contributed by atoms with E-state index in [-0.39, 0.29) is 5.90 Å². The maximum absolute atomic E-state index is 10.9. The summed E-state index contributed by atoms with van der Waals surface area (Å²) in [5.41, 5.74) is 1.28. The highest BCUT2D eigenvalue weighted by Crippen LogP contribution is 2.10. The highest BCUT2D eigenvalue weighted by atomic mass is 16.5. The largest absolute Gasteiger partial charge is 0.478 e. The Balaban J connectivity index is 2.67. The van der Waals surface area contributed by atoms with Crippen molar-refractivity contribution in [2.75, 3.05) is 19.0 Å². The van der Waals surface area contributed by atoms with Crippen molar-refractivity contribution in [3.05, 3.63) is 29.8 Å². The summed E-state index contributed by atoms with van der Waals surface area (Å²) < 4.78 is 9.49. The zero-order valence-corrected chi connectivity index (χ0v) is 9.24. The number of benzene rings is 1. The molecule has 0 unspecified atom stereocenters. The van der Waals surface area contributed by atoms with Gasteiger partial charge in [-0.1, -0.05) is 0 Å². The molecular formula is C11H14N2O3. The zero-order chi connectivity index (χ0) is 12.0. The molecule has 0 saturated heterocycles. The van der Waals surface area contributed by atoms with Crippen molar-refractivity contribution >= 4 is 17.7 Å².